The van der Waals surface area contributed by atoms with Crippen LogP contribution in [-0.4, -0.2) is 18.6 Å². The van der Waals surface area contributed by atoms with E-state index < -0.39 is 0 Å². The van der Waals surface area contributed by atoms with Crippen LogP contribution in [0.3, 0.4) is 0 Å². The van der Waals surface area contributed by atoms with Crippen molar-refractivity contribution in [3.8, 4) is 0 Å². The number of hydrogen-bond donors (Lipinski definition) is 2. The first-order chi connectivity index (χ1) is 7.65. The van der Waals surface area contributed by atoms with Gasteiger partial charge in [0.15, 0.2) is 0 Å². The van der Waals surface area contributed by atoms with Gasteiger partial charge in [0.05, 0.1) is 0 Å². The molecule has 0 saturated carbocycles. The molecular formula is C14H20N2. The van der Waals surface area contributed by atoms with Crippen molar-refractivity contribution in [2.75, 3.05) is 13.6 Å². The monoisotopic (exact) mass is 216 g/mol. The van der Waals surface area contributed by atoms with Crippen molar-refractivity contribution < 1.29 is 0 Å². The molecule has 0 aliphatic carbocycles. The number of H-pyrrole nitrogens is 1. The van der Waals surface area contributed by atoms with E-state index in [1.54, 1.807) is 0 Å². The fraction of sp³-hybridized carbons (Fsp3) is 0.429. The molecule has 0 unspecified atom stereocenters. The van der Waals surface area contributed by atoms with Gasteiger partial charge in [0.1, 0.15) is 0 Å². The lowest BCUT2D eigenvalue weighted by molar-refractivity contribution is 0.791. The van der Waals surface area contributed by atoms with Gasteiger partial charge in [-0.15, -0.1) is 0 Å². The number of fused-ring (bicyclic) bond motifs is 1. The van der Waals surface area contributed by atoms with Gasteiger partial charge >= 0.3 is 0 Å². The third-order valence-electron chi connectivity index (χ3n) is 3.31. The molecule has 0 atom stereocenters. The van der Waals surface area contributed by atoms with Crippen molar-refractivity contribution in [2.24, 2.45) is 0 Å². The molecule has 0 saturated heterocycles. The largest absolute Gasteiger partial charge is 0.358 e. The summed E-state index contributed by atoms with van der Waals surface area (Å²) >= 11 is 0. The molecule has 0 radical (unpaired) electrons. The first kappa shape index (κ1) is 11.2. The van der Waals surface area contributed by atoms with E-state index in [0.29, 0.717) is 0 Å². The second-order valence-corrected chi connectivity index (χ2v) is 4.53. The van der Waals surface area contributed by atoms with Gasteiger partial charge in [-0.05, 0) is 57.5 Å². The lowest BCUT2D eigenvalue weighted by atomic mass is 10.0. The zero-order chi connectivity index (χ0) is 11.7. The Kier molecular flexibility index (Phi) is 3.01. The molecule has 0 spiro atoms. The van der Waals surface area contributed by atoms with Gasteiger partial charge in [0.2, 0.25) is 0 Å². The van der Waals surface area contributed by atoms with Crippen LogP contribution in [-0.2, 0) is 6.42 Å². The van der Waals surface area contributed by atoms with E-state index in [1.807, 2.05) is 7.05 Å². The fourth-order valence-corrected chi connectivity index (χ4v) is 2.37. The molecule has 0 fully saturated rings. The van der Waals surface area contributed by atoms with Gasteiger partial charge < -0.3 is 10.3 Å². The first-order valence-electron chi connectivity index (χ1n) is 5.87. The zero-order valence-corrected chi connectivity index (χ0v) is 10.6. The van der Waals surface area contributed by atoms with Crippen LogP contribution < -0.4 is 5.32 Å². The van der Waals surface area contributed by atoms with Crippen LogP contribution in [0.25, 0.3) is 10.9 Å². The van der Waals surface area contributed by atoms with E-state index in [2.05, 4.69) is 43.2 Å². The molecule has 0 aliphatic heterocycles. The maximum Gasteiger partial charge on any atom is 0.0491 e. The molecule has 86 valence electrons. The quantitative estimate of drug-likeness (QED) is 0.811. The van der Waals surface area contributed by atoms with Crippen molar-refractivity contribution >= 4 is 10.9 Å². The Labute approximate surface area is 97.1 Å². The minimum absolute atomic E-state index is 1.03. The van der Waals surface area contributed by atoms with E-state index in [9.17, 15) is 0 Å². The first-order valence-corrected chi connectivity index (χ1v) is 5.87. The number of benzene rings is 1. The lowest BCUT2D eigenvalue weighted by Gasteiger charge is -2.04. The van der Waals surface area contributed by atoms with Crippen LogP contribution >= 0.6 is 0 Å². The van der Waals surface area contributed by atoms with Crippen LogP contribution in [0.1, 0.15) is 22.4 Å². The summed E-state index contributed by atoms with van der Waals surface area (Å²) in [5, 5.41) is 4.64. The van der Waals surface area contributed by atoms with Gasteiger partial charge in [-0.3, -0.25) is 0 Å². The summed E-state index contributed by atoms with van der Waals surface area (Å²) in [6.45, 7) is 7.56. The lowest BCUT2D eigenvalue weighted by Crippen LogP contribution is -2.10. The van der Waals surface area contributed by atoms with Crippen molar-refractivity contribution in [3.05, 3.63) is 34.5 Å². The second-order valence-electron chi connectivity index (χ2n) is 4.53. The highest BCUT2D eigenvalue weighted by atomic mass is 14.8. The summed E-state index contributed by atoms with van der Waals surface area (Å²) in [5.74, 6) is 0. The highest BCUT2D eigenvalue weighted by Crippen LogP contribution is 2.28. The summed E-state index contributed by atoms with van der Waals surface area (Å²) in [5.41, 5.74) is 6.78. The molecule has 0 bridgehead atoms. The summed E-state index contributed by atoms with van der Waals surface area (Å²) in [4.78, 5) is 3.52. The van der Waals surface area contributed by atoms with E-state index >= 15 is 0 Å². The van der Waals surface area contributed by atoms with Crippen LogP contribution in [0.2, 0.25) is 0 Å². The topological polar surface area (TPSA) is 27.8 Å². The minimum Gasteiger partial charge on any atom is -0.358 e. The Morgan fingerprint density at radius 2 is 1.81 bits per heavy atom. The van der Waals surface area contributed by atoms with Crippen molar-refractivity contribution in [2.45, 2.75) is 27.2 Å². The van der Waals surface area contributed by atoms with E-state index in [-0.39, 0.29) is 0 Å². The highest BCUT2D eigenvalue weighted by molar-refractivity contribution is 5.90. The number of likely N-dealkylation sites (N-methyl/N-ethyl adjacent to an activating group) is 1. The summed E-state index contributed by atoms with van der Waals surface area (Å²) in [6, 6.07) is 4.41. The number of nitrogens with one attached hydrogen (secondary N) is 2. The van der Waals surface area contributed by atoms with Gasteiger partial charge in [0, 0.05) is 16.6 Å². The summed E-state index contributed by atoms with van der Waals surface area (Å²) in [6.07, 6.45) is 1.09. The smallest absolute Gasteiger partial charge is 0.0491 e. The number of rotatable bonds is 3. The van der Waals surface area contributed by atoms with E-state index in [0.717, 1.165) is 13.0 Å². The molecule has 0 aliphatic rings. The molecule has 2 rings (SSSR count). The molecule has 1 aromatic carbocycles. The minimum atomic E-state index is 1.03. The molecule has 2 aromatic rings. The van der Waals surface area contributed by atoms with Crippen LogP contribution in [0.15, 0.2) is 12.1 Å². The van der Waals surface area contributed by atoms with Gasteiger partial charge in [-0.1, -0.05) is 12.1 Å². The molecular weight excluding hydrogens is 196 g/mol. The Balaban J connectivity index is 2.63. The maximum atomic E-state index is 3.52. The molecule has 2 nitrogen and oxygen atoms in total. The van der Waals surface area contributed by atoms with Gasteiger partial charge in [0.25, 0.3) is 0 Å². The molecule has 0 amide bonds. The molecule has 1 aromatic heterocycles. The molecule has 2 heteroatoms. The third-order valence-corrected chi connectivity index (χ3v) is 3.31. The van der Waals surface area contributed by atoms with Crippen LogP contribution in [0.4, 0.5) is 0 Å². The Hall–Kier alpha value is -1.28. The van der Waals surface area contributed by atoms with Crippen molar-refractivity contribution in [1.82, 2.24) is 10.3 Å². The average Bonchev–Trinajstić information content (AvgIpc) is 2.59. The second kappa shape index (κ2) is 4.30. The predicted octanol–water partition coefficient (Wildman–Crippen LogP) is 2.86. The number of hydrogen-bond acceptors (Lipinski definition) is 1. The number of aryl methyl sites for hydroxylation is 3. The van der Waals surface area contributed by atoms with E-state index in [1.165, 1.54) is 33.3 Å². The molecule has 1 heterocycles. The van der Waals surface area contributed by atoms with E-state index in [4.69, 9.17) is 0 Å². The van der Waals surface area contributed by atoms with Gasteiger partial charge in [-0.2, -0.15) is 0 Å². The third kappa shape index (κ3) is 1.74. The Morgan fingerprint density at radius 3 is 2.50 bits per heavy atom. The van der Waals surface area contributed by atoms with Crippen LogP contribution in [0.5, 0.6) is 0 Å². The highest BCUT2D eigenvalue weighted by Gasteiger charge is 2.11. The van der Waals surface area contributed by atoms with Crippen molar-refractivity contribution in [3.63, 3.8) is 0 Å². The summed E-state index contributed by atoms with van der Waals surface area (Å²) < 4.78 is 0. The van der Waals surface area contributed by atoms with Crippen molar-refractivity contribution in [1.29, 1.82) is 0 Å². The Morgan fingerprint density at radius 1 is 1.12 bits per heavy atom. The Bertz CT molecular complexity index is 509. The fourth-order valence-electron chi connectivity index (χ4n) is 2.37. The standard InChI is InChI=1S/C14H20N2/c1-9-5-6-10(2)14-13(9)12(7-8-15-4)11(3)16-14/h5-6,15-16H,7-8H2,1-4H3. The molecule has 2 N–H and O–H groups in total. The van der Waals surface area contributed by atoms with Crippen LogP contribution in [0, 0.1) is 20.8 Å². The maximum absolute atomic E-state index is 3.52. The average molecular weight is 216 g/mol. The predicted molar refractivity (Wildman–Crippen MR) is 70.1 cm³/mol. The normalized spacial score (nSPS) is 11.2. The summed E-state index contributed by atoms with van der Waals surface area (Å²) in [7, 11) is 2.00. The zero-order valence-electron chi connectivity index (χ0n) is 10.6. The van der Waals surface area contributed by atoms with Gasteiger partial charge in [-0.25, -0.2) is 0 Å². The number of aromatic nitrogens is 1. The molecule has 16 heavy (non-hydrogen) atoms. The number of aromatic amines is 1. The SMILES string of the molecule is CNCCc1c(C)[nH]c2c(C)ccc(C)c12.